The third kappa shape index (κ3) is 4.01. The minimum Gasteiger partial charge on any atom is -0.508 e. The maximum Gasteiger partial charge on any atom is 0.430 e. The molecule has 4 rings (SSSR count). The minimum atomic E-state index is -5.94. The zero-order valence-electron chi connectivity index (χ0n) is 18.9. The van der Waals surface area contributed by atoms with Crippen LogP contribution in [0.15, 0.2) is 40.8 Å². The standard InChI is InChI=1S/C24H22F6N2O3/c1-12-9-15-10-16(22(34,23(25,26)27)24(28,29)30)7-8-19(15)32(12)11-18-14(3)35-21(31-18)17-5-4-6-20(33)13(17)2/h4-8,10,12,33-34H,9,11H2,1-3H3. The van der Waals surface area contributed by atoms with Crippen molar-refractivity contribution in [2.24, 2.45) is 0 Å². The summed E-state index contributed by atoms with van der Waals surface area (Å²) in [6, 6.07) is 7.24. The van der Waals surface area contributed by atoms with E-state index in [1.807, 2.05) is 4.90 Å². The molecule has 0 amide bonds. The Hall–Kier alpha value is -3.21. The summed E-state index contributed by atoms with van der Waals surface area (Å²) in [5.74, 6) is 0.854. The molecule has 0 spiro atoms. The molecule has 2 heterocycles. The van der Waals surface area contributed by atoms with Crippen molar-refractivity contribution in [1.29, 1.82) is 0 Å². The monoisotopic (exact) mass is 500 g/mol. The highest BCUT2D eigenvalue weighted by molar-refractivity contribution is 5.64. The first kappa shape index (κ1) is 24.9. The average molecular weight is 500 g/mol. The Kier molecular flexibility index (Phi) is 5.82. The summed E-state index contributed by atoms with van der Waals surface area (Å²) in [4.78, 5) is 6.33. The molecule has 0 saturated heterocycles. The second kappa shape index (κ2) is 8.18. The van der Waals surface area contributed by atoms with Crippen molar-refractivity contribution in [3.63, 3.8) is 0 Å². The lowest BCUT2D eigenvalue weighted by molar-refractivity contribution is -0.376. The van der Waals surface area contributed by atoms with E-state index in [-0.39, 0.29) is 36.2 Å². The molecule has 5 nitrogen and oxygen atoms in total. The summed E-state index contributed by atoms with van der Waals surface area (Å²) in [6.07, 6.45) is -11.7. The van der Waals surface area contributed by atoms with Gasteiger partial charge in [-0.05, 0) is 51.0 Å². The van der Waals surface area contributed by atoms with Gasteiger partial charge in [0.1, 0.15) is 17.2 Å². The predicted octanol–water partition coefficient (Wildman–Crippen LogP) is 5.93. The quantitative estimate of drug-likeness (QED) is 0.435. The van der Waals surface area contributed by atoms with Gasteiger partial charge >= 0.3 is 12.4 Å². The predicted molar refractivity (Wildman–Crippen MR) is 115 cm³/mol. The lowest BCUT2D eigenvalue weighted by atomic mass is 9.90. The Bertz CT molecular complexity index is 1250. The highest BCUT2D eigenvalue weighted by Crippen LogP contribution is 2.51. The molecule has 11 heteroatoms. The molecule has 2 N–H and O–H groups in total. The maximum atomic E-state index is 13.3. The third-order valence-electron chi connectivity index (χ3n) is 6.42. The number of hydrogen-bond acceptors (Lipinski definition) is 5. The van der Waals surface area contributed by atoms with Gasteiger partial charge in [-0.1, -0.05) is 18.2 Å². The molecule has 0 saturated carbocycles. The Balaban J connectivity index is 1.67. The highest BCUT2D eigenvalue weighted by atomic mass is 19.4. The number of phenols is 1. The number of halogens is 6. The van der Waals surface area contributed by atoms with Crippen LogP contribution in [0.5, 0.6) is 5.75 Å². The van der Waals surface area contributed by atoms with Crippen LogP contribution in [-0.4, -0.2) is 33.6 Å². The summed E-state index contributed by atoms with van der Waals surface area (Å²) >= 11 is 0. The van der Waals surface area contributed by atoms with E-state index >= 15 is 0 Å². The molecule has 1 aliphatic heterocycles. The fourth-order valence-corrected chi connectivity index (χ4v) is 4.36. The van der Waals surface area contributed by atoms with E-state index in [0.717, 1.165) is 12.1 Å². The summed E-state index contributed by atoms with van der Waals surface area (Å²) in [5.41, 5.74) is -3.83. The number of aromatic hydroxyl groups is 1. The Morgan fingerprint density at radius 1 is 1.06 bits per heavy atom. The van der Waals surface area contributed by atoms with Gasteiger partial charge in [-0.15, -0.1) is 0 Å². The highest BCUT2D eigenvalue weighted by Gasteiger charge is 2.71. The largest absolute Gasteiger partial charge is 0.508 e. The minimum absolute atomic E-state index is 0.0791. The molecule has 35 heavy (non-hydrogen) atoms. The van der Waals surface area contributed by atoms with Gasteiger partial charge in [-0.25, -0.2) is 4.98 Å². The molecule has 2 aromatic carbocycles. The van der Waals surface area contributed by atoms with Gasteiger partial charge in [0.05, 0.1) is 6.54 Å². The molecule has 1 aliphatic rings. The normalized spacial score (nSPS) is 16.6. The molecule has 0 bridgehead atoms. The smallest absolute Gasteiger partial charge is 0.430 e. The topological polar surface area (TPSA) is 69.7 Å². The first-order valence-corrected chi connectivity index (χ1v) is 10.7. The summed E-state index contributed by atoms with van der Waals surface area (Å²) in [5, 5.41) is 19.7. The molecule has 188 valence electrons. The van der Waals surface area contributed by atoms with Crippen LogP contribution in [0.25, 0.3) is 11.5 Å². The van der Waals surface area contributed by atoms with Crippen LogP contribution < -0.4 is 4.90 Å². The number of anilines is 1. The fraction of sp³-hybridized carbons (Fsp3) is 0.375. The molecule has 1 unspecified atom stereocenters. The second-order valence-electron chi connectivity index (χ2n) is 8.70. The second-order valence-corrected chi connectivity index (χ2v) is 8.70. The van der Waals surface area contributed by atoms with Crippen LogP contribution >= 0.6 is 0 Å². The van der Waals surface area contributed by atoms with Gasteiger partial charge in [0, 0.05) is 28.4 Å². The Morgan fingerprint density at radius 3 is 2.34 bits per heavy atom. The van der Waals surface area contributed by atoms with E-state index in [0.29, 0.717) is 34.3 Å². The lowest BCUT2D eigenvalue weighted by Gasteiger charge is -2.33. The van der Waals surface area contributed by atoms with E-state index in [2.05, 4.69) is 4.98 Å². The Labute approximate surface area is 196 Å². The zero-order valence-corrected chi connectivity index (χ0v) is 18.9. The number of fused-ring (bicyclic) bond motifs is 1. The van der Waals surface area contributed by atoms with E-state index in [1.54, 1.807) is 32.9 Å². The van der Waals surface area contributed by atoms with E-state index < -0.39 is 23.5 Å². The number of alkyl halides is 6. The zero-order chi connectivity index (χ0) is 25.9. The summed E-state index contributed by atoms with van der Waals surface area (Å²) in [6.45, 7) is 5.39. The van der Waals surface area contributed by atoms with Crippen LogP contribution in [0.4, 0.5) is 32.0 Å². The van der Waals surface area contributed by atoms with Crippen molar-refractivity contribution in [3.8, 4) is 17.2 Å². The van der Waals surface area contributed by atoms with Gasteiger partial charge in [-0.3, -0.25) is 0 Å². The van der Waals surface area contributed by atoms with Gasteiger partial charge in [0.25, 0.3) is 5.60 Å². The SMILES string of the molecule is Cc1oc(-c2cccc(O)c2C)nc1CN1c2ccc(C(O)(C(F)(F)F)C(F)(F)F)cc2CC1C. The van der Waals surface area contributed by atoms with E-state index in [9.17, 15) is 36.6 Å². The van der Waals surface area contributed by atoms with Crippen molar-refractivity contribution in [3.05, 3.63) is 64.5 Å². The van der Waals surface area contributed by atoms with E-state index in [4.69, 9.17) is 4.42 Å². The van der Waals surface area contributed by atoms with Crippen LogP contribution in [0.2, 0.25) is 0 Å². The number of aryl methyl sites for hydroxylation is 1. The molecule has 1 aromatic heterocycles. The molecule has 0 radical (unpaired) electrons. The van der Waals surface area contributed by atoms with Crippen molar-refractivity contribution in [2.45, 2.75) is 57.7 Å². The molecular weight excluding hydrogens is 478 g/mol. The van der Waals surface area contributed by atoms with E-state index in [1.165, 1.54) is 6.07 Å². The molecule has 1 atom stereocenters. The van der Waals surface area contributed by atoms with Gasteiger partial charge < -0.3 is 19.5 Å². The number of aromatic nitrogens is 1. The van der Waals surface area contributed by atoms with Crippen molar-refractivity contribution in [2.75, 3.05) is 4.90 Å². The fourth-order valence-electron chi connectivity index (χ4n) is 4.36. The third-order valence-corrected chi connectivity index (χ3v) is 6.42. The van der Waals surface area contributed by atoms with Crippen LogP contribution in [-0.2, 0) is 18.6 Å². The first-order valence-electron chi connectivity index (χ1n) is 10.7. The van der Waals surface area contributed by atoms with Gasteiger partial charge in [0.15, 0.2) is 0 Å². The molecule has 3 aromatic rings. The van der Waals surface area contributed by atoms with Crippen LogP contribution in [0.1, 0.15) is 35.1 Å². The number of nitrogens with zero attached hydrogens (tertiary/aromatic N) is 2. The maximum absolute atomic E-state index is 13.3. The van der Waals surface area contributed by atoms with Crippen LogP contribution in [0.3, 0.4) is 0 Å². The molecule has 0 fully saturated rings. The average Bonchev–Trinajstić information content (AvgIpc) is 3.26. The number of phenolic OH excluding ortho intramolecular Hbond substituents is 1. The summed E-state index contributed by atoms with van der Waals surface area (Å²) in [7, 11) is 0. The number of benzene rings is 2. The van der Waals surface area contributed by atoms with Crippen LogP contribution in [0, 0.1) is 13.8 Å². The lowest BCUT2D eigenvalue weighted by Crippen LogP contribution is -2.53. The summed E-state index contributed by atoms with van der Waals surface area (Å²) < 4.78 is 85.6. The number of hydrogen-bond donors (Lipinski definition) is 2. The molecular formula is C24H22F6N2O3. The number of rotatable bonds is 4. The molecule has 0 aliphatic carbocycles. The van der Waals surface area contributed by atoms with Crippen molar-refractivity contribution >= 4 is 5.69 Å². The number of aliphatic hydroxyl groups is 1. The van der Waals surface area contributed by atoms with Gasteiger partial charge in [0.2, 0.25) is 5.89 Å². The van der Waals surface area contributed by atoms with Crippen molar-refractivity contribution < 1.29 is 41.0 Å². The first-order chi connectivity index (χ1) is 16.1. The Morgan fingerprint density at radius 2 is 1.71 bits per heavy atom. The van der Waals surface area contributed by atoms with Gasteiger partial charge in [-0.2, -0.15) is 26.3 Å². The van der Waals surface area contributed by atoms with Crippen molar-refractivity contribution in [1.82, 2.24) is 4.98 Å². The number of oxazole rings is 1.